The van der Waals surface area contributed by atoms with Gasteiger partial charge in [-0.3, -0.25) is 9.78 Å². The summed E-state index contributed by atoms with van der Waals surface area (Å²) in [6, 6.07) is 5.48. The van der Waals surface area contributed by atoms with Gasteiger partial charge >= 0.3 is 0 Å². The molecule has 0 saturated heterocycles. The zero-order valence-electron chi connectivity index (χ0n) is 13.0. The first-order valence-corrected chi connectivity index (χ1v) is 7.79. The molecule has 1 unspecified atom stereocenters. The highest BCUT2D eigenvalue weighted by atomic mass is 16.3. The molecule has 2 aromatic rings. The van der Waals surface area contributed by atoms with Crippen molar-refractivity contribution in [1.29, 1.82) is 0 Å². The van der Waals surface area contributed by atoms with Crippen molar-refractivity contribution in [2.24, 2.45) is 5.92 Å². The molecular weight excluding hydrogens is 292 g/mol. The average Bonchev–Trinajstić information content (AvgIpc) is 2.52. The van der Waals surface area contributed by atoms with Gasteiger partial charge in [-0.25, -0.2) is 9.97 Å². The zero-order chi connectivity index (χ0) is 16.2. The fourth-order valence-electron chi connectivity index (χ4n) is 2.89. The molecule has 1 aliphatic carbocycles. The lowest BCUT2D eigenvalue weighted by Crippen LogP contribution is -2.48. The lowest BCUT2D eigenvalue weighted by Gasteiger charge is -2.38. The molecule has 1 aliphatic rings. The number of hydrogen-bond acceptors (Lipinski definition) is 5. The molecular formula is C17H20N4O2. The highest BCUT2D eigenvalue weighted by Gasteiger charge is 2.35. The number of nitrogens with zero attached hydrogens (tertiary/aromatic N) is 3. The molecule has 6 nitrogen and oxygen atoms in total. The Balaban J connectivity index is 1.72. The van der Waals surface area contributed by atoms with Gasteiger partial charge in [-0.05, 0) is 55.9 Å². The van der Waals surface area contributed by atoms with E-state index in [9.17, 15) is 9.90 Å². The van der Waals surface area contributed by atoms with Gasteiger partial charge < -0.3 is 10.4 Å². The number of carbonyl (C=O) groups is 1. The first-order chi connectivity index (χ1) is 11.1. The minimum absolute atomic E-state index is 0.0245. The maximum atomic E-state index is 12.4. The Kier molecular flexibility index (Phi) is 4.62. The maximum absolute atomic E-state index is 12.4. The van der Waals surface area contributed by atoms with Crippen LogP contribution in [0.15, 0.2) is 36.8 Å². The summed E-state index contributed by atoms with van der Waals surface area (Å²) in [5, 5.41) is 12.6. The van der Waals surface area contributed by atoms with E-state index in [1.807, 2.05) is 12.1 Å². The van der Waals surface area contributed by atoms with Gasteiger partial charge in [0.2, 0.25) is 0 Å². The highest BCUT2D eigenvalue weighted by molar-refractivity contribution is 5.92. The minimum atomic E-state index is -0.252. The van der Waals surface area contributed by atoms with E-state index in [0.717, 1.165) is 24.8 Å². The Hall–Kier alpha value is -2.34. The molecule has 1 saturated carbocycles. The van der Waals surface area contributed by atoms with Crippen LogP contribution in [0.1, 0.15) is 34.7 Å². The lowest BCUT2D eigenvalue weighted by atomic mass is 9.75. The highest BCUT2D eigenvalue weighted by Crippen LogP contribution is 2.31. The minimum Gasteiger partial charge on any atom is -0.393 e. The molecule has 23 heavy (non-hydrogen) atoms. The number of aromatic nitrogens is 3. The molecule has 2 aromatic heterocycles. The fourth-order valence-corrected chi connectivity index (χ4v) is 2.89. The Morgan fingerprint density at radius 1 is 1.30 bits per heavy atom. The fraction of sp³-hybridized carbons (Fsp3) is 0.412. The molecule has 2 N–H and O–H groups in total. The normalized spacial score (nSPS) is 21.3. The van der Waals surface area contributed by atoms with Gasteiger partial charge in [-0.2, -0.15) is 0 Å². The third-order valence-electron chi connectivity index (χ3n) is 4.25. The largest absolute Gasteiger partial charge is 0.393 e. The van der Waals surface area contributed by atoms with Gasteiger partial charge in [0.15, 0.2) is 0 Å². The topological polar surface area (TPSA) is 88.0 Å². The summed E-state index contributed by atoms with van der Waals surface area (Å²) in [5.74, 6) is 0.656. The second-order valence-electron chi connectivity index (χ2n) is 6.01. The summed E-state index contributed by atoms with van der Waals surface area (Å²) in [7, 11) is 0. The number of nitrogens with one attached hydrogen (secondary N) is 1. The van der Waals surface area contributed by atoms with Crippen LogP contribution in [0.4, 0.5) is 0 Å². The van der Waals surface area contributed by atoms with Crippen molar-refractivity contribution in [2.45, 2.75) is 38.3 Å². The van der Waals surface area contributed by atoms with Gasteiger partial charge in [-0.1, -0.05) is 0 Å². The SMILES string of the molecule is Cc1nccc(C(=O)NC(Cc2ccncc2)C2CC(O)C2)n1. The van der Waals surface area contributed by atoms with Crippen molar-refractivity contribution in [3.8, 4) is 0 Å². The third kappa shape index (κ3) is 3.90. The molecule has 0 spiro atoms. The van der Waals surface area contributed by atoms with E-state index in [-0.39, 0.29) is 24.0 Å². The maximum Gasteiger partial charge on any atom is 0.270 e. The predicted molar refractivity (Wildman–Crippen MR) is 84.7 cm³/mol. The van der Waals surface area contributed by atoms with E-state index >= 15 is 0 Å². The number of carbonyl (C=O) groups excluding carboxylic acids is 1. The van der Waals surface area contributed by atoms with Crippen LogP contribution in [-0.2, 0) is 6.42 Å². The Labute approximate surface area is 135 Å². The van der Waals surface area contributed by atoms with Crippen molar-refractivity contribution in [3.05, 3.63) is 53.9 Å². The monoisotopic (exact) mass is 312 g/mol. The Morgan fingerprint density at radius 3 is 2.70 bits per heavy atom. The van der Waals surface area contributed by atoms with E-state index in [4.69, 9.17) is 0 Å². The molecule has 1 amide bonds. The summed E-state index contributed by atoms with van der Waals surface area (Å²) < 4.78 is 0. The van der Waals surface area contributed by atoms with Crippen LogP contribution < -0.4 is 5.32 Å². The van der Waals surface area contributed by atoms with Gasteiger partial charge in [-0.15, -0.1) is 0 Å². The van der Waals surface area contributed by atoms with Crippen LogP contribution in [0.5, 0.6) is 0 Å². The quantitative estimate of drug-likeness (QED) is 0.868. The second kappa shape index (κ2) is 6.83. The van der Waals surface area contributed by atoms with Gasteiger partial charge in [0.05, 0.1) is 6.10 Å². The number of aryl methyl sites for hydroxylation is 1. The van der Waals surface area contributed by atoms with Crippen LogP contribution >= 0.6 is 0 Å². The van der Waals surface area contributed by atoms with E-state index in [1.54, 1.807) is 31.6 Å². The first-order valence-electron chi connectivity index (χ1n) is 7.79. The van der Waals surface area contributed by atoms with Crippen molar-refractivity contribution >= 4 is 5.91 Å². The van der Waals surface area contributed by atoms with E-state index in [2.05, 4.69) is 20.3 Å². The molecule has 1 fully saturated rings. The van der Waals surface area contributed by atoms with Gasteiger partial charge in [0, 0.05) is 24.6 Å². The second-order valence-corrected chi connectivity index (χ2v) is 6.01. The number of hydrogen-bond donors (Lipinski definition) is 2. The molecule has 0 bridgehead atoms. The van der Waals surface area contributed by atoms with Crippen molar-refractivity contribution < 1.29 is 9.90 Å². The van der Waals surface area contributed by atoms with Gasteiger partial charge in [0.1, 0.15) is 11.5 Å². The zero-order valence-corrected chi connectivity index (χ0v) is 13.0. The van der Waals surface area contributed by atoms with E-state index in [0.29, 0.717) is 11.5 Å². The first kappa shape index (κ1) is 15.6. The van der Waals surface area contributed by atoms with Crippen LogP contribution in [0, 0.1) is 12.8 Å². The van der Waals surface area contributed by atoms with Crippen LogP contribution in [0.3, 0.4) is 0 Å². The molecule has 0 aromatic carbocycles. The Bertz CT molecular complexity index is 671. The standard InChI is InChI=1S/C17H20N4O2/c1-11-19-7-4-15(20-11)17(23)21-16(13-9-14(22)10-13)8-12-2-5-18-6-3-12/h2-7,13-14,16,22H,8-10H2,1H3,(H,21,23). The number of rotatable bonds is 5. The lowest BCUT2D eigenvalue weighted by molar-refractivity contribution is 0.0238. The molecule has 0 aliphatic heterocycles. The van der Waals surface area contributed by atoms with Crippen molar-refractivity contribution in [1.82, 2.24) is 20.3 Å². The van der Waals surface area contributed by atoms with Crippen LogP contribution in [-0.4, -0.2) is 38.1 Å². The molecule has 0 radical (unpaired) electrons. The molecule has 120 valence electrons. The average molecular weight is 312 g/mol. The van der Waals surface area contributed by atoms with Gasteiger partial charge in [0.25, 0.3) is 5.91 Å². The van der Waals surface area contributed by atoms with Crippen LogP contribution in [0.25, 0.3) is 0 Å². The number of aliphatic hydroxyl groups is 1. The molecule has 3 rings (SSSR count). The summed E-state index contributed by atoms with van der Waals surface area (Å²) in [4.78, 5) is 24.6. The van der Waals surface area contributed by atoms with E-state index in [1.165, 1.54) is 0 Å². The predicted octanol–water partition coefficient (Wildman–Crippen LogP) is 1.29. The van der Waals surface area contributed by atoms with Crippen molar-refractivity contribution in [3.63, 3.8) is 0 Å². The molecule has 2 heterocycles. The summed E-state index contributed by atoms with van der Waals surface area (Å²) >= 11 is 0. The summed E-state index contributed by atoms with van der Waals surface area (Å²) in [6.07, 6.45) is 6.99. The third-order valence-corrected chi connectivity index (χ3v) is 4.25. The smallest absolute Gasteiger partial charge is 0.270 e. The molecule has 1 atom stereocenters. The molecule has 6 heteroatoms. The van der Waals surface area contributed by atoms with Crippen molar-refractivity contribution in [2.75, 3.05) is 0 Å². The summed E-state index contributed by atoms with van der Waals surface area (Å²) in [5.41, 5.74) is 1.49. The van der Waals surface area contributed by atoms with E-state index < -0.39 is 0 Å². The van der Waals surface area contributed by atoms with Crippen LogP contribution in [0.2, 0.25) is 0 Å². The number of aliphatic hydroxyl groups excluding tert-OH is 1. The number of amides is 1. The Morgan fingerprint density at radius 2 is 2.04 bits per heavy atom. The summed E-state index contributed by atoms with van der Waals surface area (Å²) in [6.45, 7) is 1.76. The number of pyridine rings is 1.